The summed E-state index contributed by atoms with van der Waals surface area (Å²) in [6.45, 7) is 2.09. The Hall–Kier alpha value is -2.55. The first-order chi connectivity index (χ1) is 14.6. The summed E-state index contributed by atoms with van der Waals surface area (Å²) >= 11 is 8.12. The van der Waals surface area contributed by atoms with Crippen LogP contribution in [0.15, 0.2) is 59.5 Å². The normalized spacial score (nSPS) is 16.3. The van der Waals surface area contributed by atoms with Crippen molar-refractivity contribution in [2.24, 2.45) is 0 Å². The molecule has 1 aliphatic rings. The number of benzene rings is 2. The molecule has 9 heteroatoms. The summed E-state index contributed by atoms with van der Waals surface area (Å²) in [4.78, 5) is 12.7. The molecule has 156 valence electrons. The molecule has 6 nitrogen and oxygen atoms in total. The summed E-state index contributed by atoms with van der Waals surface area (Å²) in [5.74, 6) is 1.69. The zero-order chi connectivity index (χ0) is 20.9. The van der Waals surface area contributed by atoms with Crippen molar-refractivity contribution in [2.75, 3.05) is 30.8 Å². The van der Waals surface area contributed by atoms with E-state index >= 15 is 0 Å². The van der Waals surface area contributed by atoms with Gasteiger partial charge < -0.3 is 14.8 Å². The molecule has 1 atom stereocenters. The Morgan fingerprint density at radius 1 is 1.20 bits per heavy atom. The Bertz CT molecular complexity index is 1050. The van der Waals surface area contributed by atoms with E-state index in [2.05, 4.69) is 10.4 Å². The minimum absolute atomic E-state index is 0.0818. The summed E-state index contributed by atoms with van der Waals surface area (Å²) in [5, 5.41) is 7.81. The highest BCUT2D eigenvalue weighted by Gasteiger charge is 2.16. The van der Waals surface area contributed by atoms with Gasteiger partial charge in [0, 0.05) is 17.5 Å². The van der Waals surface area contributed by atoms with Crippen LogP contribution in [-0.4, -0.2) is 40.5 Å². The van der Waals surface area contributed by atoms with Crippen molar-refractivity contribution < 1.29 is 13.9 Å². The van der Waals surface area contributed by atoms with Crippen LogP contribution in [0.25, 0.3) is 5.69 Å². The van der Waals surface area contributed by atoms with Gasteiger partial charge in [0.25, 0.3) is 5.56 Å². The van der Waals surface area contributed by atoms with Crippen molar-refractivity contribution in [3.05, 3.63) is 75.9 Å². The maximum atomic E-state index is 13.0. The van der Waals surface area contributed by atoms with Crippen LogP contribution in [0.4, 0.5) is 10.1 Å². The van der Waals surface area contributed by atoms with Crippen molar-refractivity contribution >= 4 is 29.1 Å². The topological polar surface area (TPSA) is 65.4 Å². The van der Waals surface area contributed by atoms with Gasteiger partial charge in [0.1, 0.15) is 22.3 Å². The van der Waals surface area contributed by atoms with E-state index in [-0.39, 0.29) is 10.8 Å². The first-order valence-corrected chi connectivity index (χ1v) is 10.8. The van der Waals surface area contributed by atoms with E-state index < -0.39 is 5.56 Å². The number of halogens is 2. The highest BCUT2D eigenvalue weighted by Crippen LogP contribution is 2.24. The number of hydrogen-bond acceptors (Lipinski definition) is 6. The van der Waals surface area contributed by atoms with E-state index in [9.17, 15) is 9.18 Å². The van der Waals surface area contributed by atoms with Gasteiger partial charge in [-0.05, 0) is 48.5 Å². The molecular formula is C21H19ClFN3O3S. The lowest BCUT2D eigenvalue weighted by molar-refractivity contribution is 0.145. The lowest BCUT2D eigenvalue weighted by Crippen LogP contribution is -2.29. The minimum atomic E-state index is -0.415. The lowest BCUT2D eigenvalue weighted by atomic mass is 10.3. The molecule has 2 aromatic carbocycles. The Morgan fingerprint density at radius 2 is 1.90 bits per heavy atom. The third kappa shape index (κ3) is 4.95. The Balaban J connectivity index is 1.46. The third-order valence-electron chi connectivity index (χ3n) is 4.45. The predicted octanol–water partition coefficient (Wildman–Crippen LogP) is 4.36. The second-order valence-electron chi connectivity index (χ2n) is 6.59. The van der Waals surface area contributed by atoms with Crippen molar-refractivity contribution in [2.45, 2.75) is 5.25 Å². The number of aromatic nitrogens is 2. The van der Waals surface area contributed by atoms with E-state index in [1.54, 1.807) is 42.6 Å². The van der Waals surface area contributed by atoms with E-state index in [0.29, 0.717) is 41.3 Å². The van der Waals surface area contributed by atoms with Crippen LogP contribution in [-0.2, 0) is 4.74 Å². The largest absolute Gasteiger partial charge is 0.457 e. The molecule has 1 N–H and O–H groups in total. The zero-order valence-corrected chi connectivity index (χ0v) is 17.5. The fourth-order valence-corrected chi connectivity index (χ4v) is 4.05. The zero-order valence-electron chi connectivity index (χ0n) is 15.9. The van der Waals surface area contributed by atoms with Crippen molar-refractivity contribution in [1.82, 2.24) is 9.78 Å². The molecule has 4 rings (SSSR count). The van der Waals surface area contributed by atoms with Crippen LogP contribution in [0.3, 0.4) is 0 Å². The molecule has 2 heterocycles. The van der Waals surface area contributed by atoms with Gasteiger partial charge in [-0.2, -0.15) is 21.5 Å². The van der Waals surface area contributed by atoms with Crippen LogP contribution in [0.1, 0.15) is 0 Å². The molecule has 0 amide bonds. The van der Waals surface area contributed by atoms with Crippen LogP contribution in [0, 0.1) is 5.82 Å². The third-order valence-corrected chi connectivity index (χ3v) is 6.00. The molecule has 3 aromatic rings. The predicted molar refractivity (Wildman–Crippen MR) is 117 cm³/mol. The molecular weight excluding hydrogens is 429 g/mol. The quantitative estimate of drug-likeness (QED) is 0.605. The average molecular weight is 448 g/mol. The number of hydrogen-bond donors (Lipinski definition) is 1. The van der Waals surface area contributed by atoms with E-state index in [1.807, 2.05) is 11.8 Å². The number of nitrogens with one attached hydrogen (secondary N) is 1. The highest BCUT2D eigenvalue weighted by molar-refractivity contribution is 8.00. The van der Waals surface area contributed by atoms with Crippen LogP contribution >= 0.6 is 23.4 Å². The molecule has 0 radical (unpaired) electrons. The first-order valence-electron chi connectivity index (χ1n) is 9.35. The van der Waals surface area contributed by atoms with Gasteiger partial charge in [-0.3, -0.25) is 4.79 Å². The van der Waals surface area contributed by atoms with Crippen molar-refractivity contribution in [3.63, 3.8) is 0 Å². The fraction of sp³-hybridized carbons (Fsp3) is 0.238. The minimum Gasteiger partial charge on any atom is -0.457 e. The molecule has 1 aliphatic heterocycles. The Kier molecular flexibility index (Phi) is 6.56. The number of anilines is 1. The van der Waals surface area contributed by atoms with E-state index in [1.165, 1.54) is 16.8 Å². The van der Waals surface area contributed by atoms with Crippen LogP contribution in [0.2, 0.25) is 5.02 Å². The molecule has 30 heavy (non-hydrogen) atoms. The van der Waals surface area contributed by atoms with Crippen molar-refractivity contribution in [3.8, 4) is 17.2 Å². The van der Waals surface area contributed by atoms with E-state index in [0.717, 1.165) is 12.4 Å². The standard InChI is InChI=1S/C21H19ClFN3O3S/c22-20-19(24-11-18-13-28-9-10-30-18)12-25-26(21(20)27)15-3-7-17(8-4-15)29-16-5-1-14(23)2-6-16/h1-8,12,18,24H,9-11,13H2/t18-/m1/s1. The first kappa shape index (κ1) is 20.7. The summed E-state index contributed by atoms with van der Waals surface area (Å²) in [7, 11) is 0. The number of thioether (sulfide) groups is 1. The average Bonchev–Trinajstić information content (AvgIpc) is 2.78. The molecule has 0 unspecified atom stereocenters. The molecule has 0 aliphatic carbocycles. The number of nitrogens with zero attached hydrogens (tertiary/aromatic N) is 2. The summed E-state index contributed by atoms with van der Waals surface area (Å²) < 4.78 is 25.3. The van der Waals surface area contributed by atoms with Crippen LogP contribution in [0.5, 0.6) is 11.5 Å². The molecule has 1 aromatic heterocycles. The van der Waals surface area contributed by atoms with Gasteiger partial charge in [0.2, 0.25) is 0 Å². The summed E-state index contributed by atoms with van der Waals surface area (Å²) in [6.07, 6.45) is 1.54. The van der Waals surface area contributed by atoms with Gasteiger partial charge in [-0.15, -0.1) is 0 Å². The van der Waals surface area contributed by atoms with Gasteiger partial charge in [-0.1, -0.05) is 11.6 Å². The second-order valence-corrected chi connectivity index (χ2v) is 8.37. The molecule has 0 spiro atoms. The second kappa shape index (κ2) is 9.51. The van der Waals surface area contributed by atoms with Crippen LogP contribution < -0.4 is 15.6 Å². The smallest absolute Gasteiger partial charge is 0.292 e. The van der Waals surface area contributed by atoms with Gasteiger partial charge in [0.05, 0.1) is 30.8 Å². The maximum Gasteiger partial charge on any atom is 0.292 e. The molecule has 1 fully saturated rings. The van der Waals surface area contributed by atoms with Crippen molar-refractivity contribution in [1.29, 1.82) is 0 Å². The molecule has 1 saturated heterocycles. The van der Waals surface area contributed by atoms with Gasteiger partial charge >= 0.3 is 0 Å². The Morgan fingerprint density at radius 3 is 2.57 bits per heavy atom. The monoisotopic (exact) mass is 447 g/mol. The van der Waals surface area contributed by atoms with Gasteiger partial charge in [0.15, 0.2) is 0 Å². The number of ether oxygens (including phenoxy) is 2. The lowest BCUT2D eigenvalue weighted by Gasteiger charge is -2.22. The number of rotatable bonds is 6. The fourth-order valence-electron chi connectivity index (χ4n) is 2.91. The maximum absolute atomic E-state index is 13.0. The summed E-state index contributed by atoms with van der Waals surface area (Å²) in [6, 6.07) is 12.5. The summed E-state index contributed by atoms with van der Waals surface area (Å²) in [5.41, 5.74) is 0.637. The molecule has 0 saturated carbocycles. The van der Waals surface area contributed by atoms with E-state index in [4.69, 9.17) is 21.1 Å². The highest BCUT2D eigenvalue weighted by atomic mass is 35.5. The SMILES string of the molecule is O=c1c(Cl)c(NC[C@@H]2COCCS2)cnn1-c1ccc(Oc2ccc(F)cc2)cc1. The van der Waals surface area contributed by atoms with Gasteiger partial charge in [-0.25, -0.2) is 4.39 Å². The Labute approximate surface area is 182 Å². The molecule has 0 bridgehead atoms.